The van der Waals surface area contributed by atoms with Gasteiger partial charge in [-0.25, -0.2) is 0 Å². The fourth-order valence-corrected chi connectivity index (χ4v) is 1.97. The van der Waals surface area contributed by atoms with Crippen LogP contribution in [0.3, 0.4) is 0 Å². The van der Waals surface area contributed by atoms with Gasteiger partial charge in [-0.05, 0) is 10.6 Å². The van der Waals surface area contributed by atoms with Crippen molar-refractivity contribution in [2.45, 2.75) is 45.0 Å². The smallest absolute Gasteiger partial charge is 0.125 e. The monoisotopic (exact) mass is 204 g/mol. The lowest BCUT2D eigenvalue weighted by Gasteiger charge is -2.51. The molecule has 0 fully saturated rings. The van der Waals surface area contributed by atoms with Gasteiger partial charge in [0.25, 0.3) is 0 Å². The summed E-state index contributed by atoms with van der Waals surface area (Å²) in [5, 5.41) is -0.291. The maximum absolute atomic E-state index is 12.3. The molecular formula is C10H24B4O. The summed E-state index contributed by atoms with van der Waals surface area (Å²) < 4.78 is 0. The Hall–Kier alpha value is -0.0703. The molecule has 0 unspecified atom stereocenters. The van der Waals surface area contributed by atoms with E-state index in [1.54, 1.807) is 0 Å². The molecule has 0 atom stereocenters. The normalized spacial score (nSPS) is 14.3. The molecule has 0 saturated heterocycles. The first-order valence-corrected chi connectivity index (χ1v) is 5.90. The van der Waals surface area contributed by atoms with Gasteiger partial charge in [0, 0.05) is 5.92 Å². The fraction of sp³-hybridized carbons (Fsp3) is 0.900. The Kier molecular flexibility index (Phi) is 4.05. The van der Waals surface area contributed by atoms with Crippen LogP contribution < -0.4 is 0 Å². The van der Waals surface area contributed by atoms with E-state index in [1.165, 1.54) is 0 Å². The molecule has 0 aliphatic heterocycles. The summed E-state index contributed by atoms with van der Waals surface area (Å²) >= 11 is 0. The molecule has 0 bridgehead atoms. The van der Waals surface area contributed by atoms with Crippen molar-refractivity contribution in [3.05, 3.63) is 0 Å². The minimum absolute atomic E-state index is 0.0125. The lowest BCUT2D eigenvalue weighted by molar-refractivity contribution is -0.123. The van der Waals surface area contributed by atoms with E-state index in [1.807, 2.05) is 13.8 Å². The van der Waals surface area contributed by atoms with Crippen molar-refractivity contribution in [2.24, 2.45) is 11.3 Å². The summed E-state index contributed by atoms with van der Waals surface area (Å²) in [5.74, 6) is 0.476. The Balaban J connectivity index is 5.29. The maximum atomic E-state index is 12.3. The zero-order valence-corrected chi connectivity index (χ0v) is 12.0. The number of hydrogen-bond donors (Lipinski definition) is 0. The third-order valence-electron chi connectivity index (χ3n) is 4.58. The van der Waals surface area contributed by atoms with Crippen molar-refractivity contribution in [3.8, 4) is 0 Å². The molecule has 0 radical (unpaired) electrons. The summed E-state index contributed by atoms with van der Waals surface area (Å²) in [6.07, 6.45) is 0. The van der Waals surface area contributed by atoms with Gasteiger partial charge in [-0.1, -0.05) is 39.8 Å². The predicted octanol–water partition coefficient (Wildman–Crippen LogP) is -0.978. The van der Waals surface area contributed by atoms with Crippen LogP contribution in [0, 0.1) is 11.3 Å². The fourth-order valence-electron chi connectivity index (χ4n) is 1.97. The van der Waals surface area contributed by atoms with Crippen molar-refractivity contribution < 1.29 is 4.79 Å². The Morgan fingerprint density at radius 1 is 1.00 bits per heavy atom. The van der Waals surface area contributed by atoms with Crippen LogP contribution in [0.25, 0.3) is 0 Å². The Labute approximate surface area is 98.8 Å². The molecule has 0 aromatic rings. The summed E-state index contributed by atoms with van der Waals surface area (Å²) in [5.41, 5.74) is 0.126. The minimum Gasteiger partial charge on any atom is -0.300 e. The molecule has 0 aliphatic rings. The van der Waals surface area contributed by atoms with Gasteiger partial charge in [0.1, 0.15) is 21.5 Å². The molecule has 0 rings (SSSR count). The lowest BCUT2D eigenvalue weighted by Crippen LogP contribution is -2.47. The molecule has 0 spiro atoms. The number of hydrogen-bond acceptors (Lipinski definition) is 1. The van der Waals surface area contributed by atoms with E-state index in [-0.39, 0.29) is 21.8 Å². The lowest BCUT2D eigenvalue weighted by atomic mass is 9.23. The van der Waals surface area contributed by atoms with Crippen molar-refractivity contribution >= 4 is 37.2 Å². The summed E-state index contributed by atoms with van der Waals surface area (Å²) in [6, 6.07) is 0. The summed E-state index contributed by atoms with van der Waals surface area (Å²) in [4.78, 5) is 12.3. The second kappa shape index (κ2) is 4.07. The van der Waals surface area contributed by atoms with Crippen LogP contribution >= 0.6 is 0 Å². The van der Waals surface area contributed by atoms with E-state index in [2.05, 4.69) is 52.2 Å². The van der Waals surface area contributed by atoms with E-state index < -0.39 is 0 Å². The highest BCUT2D eigenvalue weighted by Crippen LogP contribution is 2.55. The quantitative estimate of drug-likeness (QED) is 0.539. The highest BCUT2D eigenvalue weighted by atomic mass is 16.1. The van der Waals surface area contributed by atoms with Crippen molar-refractivity contribution in [1.29, 1.82) is 0 Å². The molecule has 5 heteroatoms. The summed E-state index contributed by atoms with van der Waals surface area (Å²) in [7, 11) is 8.57. The van der Waals surface area contributed by atoms with Crippen molar-refractivity contribution in [2.75, 3.05) is 0 Å². The second-order valence-corrected chi connectivity index (χ2v) is 7.02. The van der Waals surface area contributed by atoms with Gasteiger partial charge in [0.05, 0.1) is 15.7 Å². The SMILES string of the molecule is BC(B)(C(=O)C(C)C)C(B)(B)C(C)(C)C. The van der Waals surface area contributed by atoms with E-state index in [0.717, 1.165) is 0 Å². The van der Waals surface area contributed by atoms with Crippen molar-refractivity contribution in [1.82, 2.24) is 0 Å². The maximum Gasteiger partial charge on any atom is 0.125 e. The first-order valence-electron chi connectivity index (χ1n) is 5.90. The van der Waals surface area contributed by atoms with E-state index >= 15 is 0 Å². The Bertz CT molecular complexity index is 251. The second-order valence-electron chi connectivity index (χ2n) is 7.02. The molecule has 0 aliphatic carbocycles. The van der Waals surface area contributed by atoms with Crippen LogP contribution in [0.2, 0.25) is 10.4 Å². The van der Waals surface area contributed by atoms with Crippen molar-refractivity contribution in [3.63, 3.8) is 0 Å². The number of Topliss-reactive ketones (excluding diaryl/α,β-unsaturated/α-hetero) is 1. The third-order valence-corrected chi connectivity index (χ3v) is 4.58. The molecular weight excluding hydrogens is 179 g/mol. The molecule has 1 nitrogen and oxygen atoms in total. The van der Waals surface area contributed by atoms with Crippen LogP contribution in [0.4, 0.5) is 0 Å². The molecule has 0 N–H and O–H groups in total. The van der Waals surface area contributed by atoms with Gasteiger partial charge in [-0.2, -0.15) is 0 Å². The van der Waals surface area contributed by atoms with Crippen LogP contribution in [0.5, 0.6) is 0 Å². The van der Waals surface area contributed by atoms with Crippen LogP contribution in [-0.4, -0.2) is 37.2 Å². The zero-order chi connectivity index (χ0) is 12.7. The summed E-state index contributed by atoms with van der Waals surface area (Å²) in [6.45, 7) is 10.6. The first kappa shape index (κ1) is 14.9. The number of rotatable bonds is 3. The van der Waals surface area contributed by atoms with E-state index in [0.29, 0.717) is 5.78 Å². The first-order chi connectivity index (χ1) is 6.35. The molecule has 15 heavy (non-hydrogen) atoms. The topological polar surface area (TPSA) is 17.1 Å². The molecule has 0 amide bonds. The molecule has 82 valence electrons. The van der Waals surface area contributed by atoms with Gasteiger partial charge in [0.2, 0.25) is 0 Å². The average Bonchev–Trinajstić information content (AvgIpc) is 2.00. The zero-order valence-electron chi connectivity index (χ0n) is 12.0. The Morgan fingerprint density at radius 3 is 1.53 bits per heavy atom. The largest absolute Gasteiger partial charge is 0.300 e. The van der Waals surface area contributed by atoms with E-state index in [4.69, 9.17) is 0 Å². The number of ketones is 1. The molecule has 0 heterocycles. The predicted molar refractivity (Wildman–Crippen MR) is 78.9 cm³/mol. The number of carbonyl (C=O) groups is 1. The standard InChI is InChI=1S/C10H24B4O/c1-6(2)7(15)9(11,12)10(13,14)8(3,4)5/h6H,11-14H2,1-5H3. The van der Waals surface area contributed by atoms with Gasteiger partial charge < -0.3 is 4.79 Å². The molecule has 0 saturated carbocycles. The highest BCUT2D eigenvalue weighted by Gasteiger charge is 2.48. The van der Waals surface area contributed by atoms with E-state index in [9.17, 15) is 4.79 Å². The number of carbonyl (C=O) groups excluding carboxylic acids is 1. The Morgan fingerprint density at radius 2 is 1.33 bits per heavy atom. The van der Waals surface area contributed by atoms with Crippen LogP contribution in [0.1, 0.15) is 34.6 Å². The minimum atomic E-state index is -0.278. The third kappa shape index (κ3) is 2.54. The highest BCUT2D eigenvalue weighted by molar-refractivity contribution is 6.61. The van der Waals surface area contributed by atoms with Crippen LogP contribution in [-0.2, 0) is 4.79 Å². The molecule has 0 aromatic carbocycles. The average molecular weight is 204 g/mol. The molecule has 0 aromatic heterocycles. The van der Waals surface area contributed by atoms with Gasteiger partial charge in [0.15, 0.2) is 0 Å². The van der Waals surface area contributed by atoms with Gasteiger partial charge in [-0.3, -0.25) is 0 Å². The van der Waals surface area contributed by atoms with Gasteiger partial charge >= 0.3 is 0 Å². The van der Waals surface area contributed by atoms with Crippen LogP contribution in [0.15, 0.2) is 0 Å². The van der Waals surface area contributed by atoms with Gasteiger partial charge in [-0.15, -0.1) is 0 Å².